The number of halogens is 3. The summed E-state index contributed by atoms with van der Waals surface area (Å²) >= 11 is 0. The second-order valence-corrected chi connectivity index (χ2v) is 25.2. The molecule has 19 nitrogen and oxygen atoms in total. The van der Waals surface area contributed by atoms with E-state index in [1.165, 1.54) is 18.2 Å². The highest BCUT2D eigenvalue weighted by Crippen LogP contribution is 2.54. The Kier molecular flexibility index (Phi) is 14.7. The highest BCUT2D eigenvalue weighted by Gasteiger charge is 2.51. The van der Waals surface area contributed by atoms with Crippen molar-refractivity contribution in [3.05, 3.63) is 129 Å². The molecule has 1 spiro atoms. The van der Waals surface area contributed by atoms with Gasteiger partial charge in [0.2, 0.25) is 5.88 Å². The van der Waals surface area contributed by atoms with Gasteiger partial charge in [0, 0.05) is 100 Å². The van der Waals surface area contributed by atoms with Crippen LogP contribution in [-0.2, 0) is 26.0 Å². The number of nitro benzene ring substituents is 1. The molecule has 83 heavy (non-hydrogen) atoms. The van der Waals surface area contributed by atoms with E-state index in [0.29, 0.717) is 94.0 Å². The summed E-state index contributed by atoms with van der Waals surface area (Å²) in [5, 5.41) is 16.6. The fourth-order valence-electron chi connectivity index (χ4n) is 13.8. The first-order valence-electron chi connectivity index (χ1n) is 28.7. The van der Waals surface area contributed by atoms with Gasteiger partial charge in [-0.2, -0.15) is 4.98 Å². The van der Waals surface area contributed by atoms with Gasteiger partial charge in [-0.3, -0.25) is 24.7 Å². The summed E-state index contributed by atoms with van der Waals surface area (Å²) in [5.74, 6) is -2.48. The molecule has 0 unspecified atom stereocenters. The number of carbonyl (C=O) groups is 1. The zero-order valence-electron chi connectivity index (χ0n) is 46.2. The van der Waals surface area contributed by atoms with Crippen LogP contribution in [0.25, 0.3) is 11.0 Å². The number of hydrogen-bond donors (Lipinski definition) is 3. The van der Waals surface area contributed by atoms with Crippen LogP contribution in [0, 0.1) is 38.9 Å². The molecule has 0 bridgehead atoms. The van der Waals surface area contributed by atoms with Gasteiger partial charge in [0.15, 0.2) is 34.6 Å². The number of carbonyl (C=O) groups excluding carboxylic acids is 1. The number of anilines is 4. The third-order valence-electron chi connectivity index (χ3n) is 18.1. The number of hydrogen-bond acceptors (Lipinski definition) is 16. The summed E-state index contributed by atoms with van der Waals surface area (Å²) in [7, 11) is -4.75. The number of sulfonamides is 1. The van der Waals surface area contributed by atoms with E-state index in [4.69, 9.17) is 28.7 Å². The number of piperazine rings is 1. The minimum atomic E-state index is -4.75. The molecule has 4 atom stereocenters. The second-order valence-electron chi connectivity index (χ2n) is 23.5. The molecule has 1 aliphatic carbocycles. The SMILES string of the molecule is CC(C)Oc1c(F)cccc1[C@@H]1CN(Cc2ccc(F)c(F)c2)CCN1C1CC2(CCN(c3ccc(C(=O)NS(=O)(=O)c4cc5c(c([N+](=O)[O-])c4)N[C@H](C4CCOCC4)CO5)c(N4c5cc6cc[nH]c6nc5O[C@H]5COCC[C@@H]54)c3)CC2)C1. The van der Waals surface area contributed by atoms with Gasteiger partial charge in [0.25, 0.3) is 21.6 Å². The fraction of sp³-hybridized carbons (Fsp3) is 0.467. The van der Waals surface area contributed by atoms with E-state index in [9.17, 15) is 32.1 Å². The number of aromatic amines is 1. The normalized spacial score (nSPS) is 23.1. The number of pyridine rings is 1. The second kappa shape index (κ2) is 22.1. The lowest BCUT2D eigenvalue weighted by atomic mass is 9.59. The monoisotopic (exact) mass is 1160 g/mol. The third-order valence-corrected chi connectivity index (χ3v) is 19.4. The average Bonchev–Trinajstić information content (AvgIpc) is 2.18. The number of benzene rings is 4. The van der Waals surface area contributed by atoms with Crippen LogP contribution in [-0.4, -0.2) is 135 Å². The molecule has 2 aromatic heterocycles. The number of ether oxygens (including phenoxy) is 5. The first kappa shape index (κ1) is 55.0. The van der Waals surface area contributed by atoms with Crippen LogP contribution in [0.3, 0.4) is 0 Å². The number of piperidine rings is 1. The summed E-state index contributed by atoms with van der Waals surface area (Å²) < 4.78 is 105. The highest BCUT2D eigenvalue weighted by molar-refractivity contribution is 7.90. The van der Waals surface area contributed by atoms with E-state index in [-0.39, 0.29) is 77.6 Å². The molecule has 1 saturated carbocycles. The van der Waals surface area contributed by atoms with Gasteiger partial charge in [0.05, 0.1) is 51.9 Å². The van der Waals surface area contributed by atoms with Gasteiger partial charge in [-0.1, -0.05) is 18.2 Å². The molecule has 7 aliphatic rings. The molecule has 1 amide bonds. The van der Waals surface area contributed by atoms with Crippen molar-refractivity contribution in [3.63, 3.8) is 0 Å². The number of aromatic nitrogens is 2. The Morgan fingerprint density at radius 1 is 0.904 bits per heavy atom. The summed E-state index contributed by atoms with van der Waals surface area (Å²) in [6.45, 7) is 9.40. The molecule has 3 N–H and O–H groups in total. The number of nitro groups is 1. The molecule has 23 heteroatoms. The van der Waals surface area contributed by atoms with Crippen LogP contribution in [0.1, 0.15) is 86.3 Å². The van der Waals surface area contributed by atoms with Crippen molar-refractivity contribution in [2.24, 2.45) is 11.3 Å². The number of para-hydroxylation sites is 1. The molecule has 6 aliphatic heterocycles. The molecule has 4 saturated heterocycles. The molecule has 0 radical (unpaired) electrons. The fourth-order valence-corrected chi connectivity index (χ4v) is 14.8. The van der Waals surface area contributed by atoms with E-state index < -0.39 is 55.0 Å². The maximum absolute atomic E-state index is 15.7. The first-order valence-corrected chi connectivity index (χ1v) is 30.2. The summed E-state index contributed by atoms with van der Waals surface area (Å²) in [4.78, 5) is 43.4. The Morgan fingerprint density at radius 2 is 1.71 bits per heavy atom. The maximum atomic E-state index is 15.7. The van der Waals surface area contributed by atoms with Crippen molar-refractivity contribution in [3.8, 4) is 17.4 Å². The molecule has 8 heterocycles. The summed E-state index contributed by atoms with van der Waals surface area (Å²) in [6, 6.07) is 19.8. The standard InChI is InChI=1S/C60H66F3N9O10S/c1-35(2)81-56-42(4-3-5-45(56)62)52-32-68(31-36-6-9-44(61)46(63)24-36)19-20-70(52)40-29-60(30-40)14-17-69(18-15-60)39-7-8-43(49(26-39)71-48-13-23-79-34-54(48)82-59-51(71)25-38-10-16-64-57(38)66-59)58(73)67-83(76,77)41-27-50(72(74)75)55-53(28-41)80-33-47(65-55)37-11-21-78-22-12-37/h3-10,16,24-28,35,37,40,47-48,52,54,65H,11-15,17-23,29-34H2,1-2H3,(H,64,66)(H,67,73)/t47-,48-,52-,54-/m0/s1. The lowest BCUT2D eigenvalue weighted by Gasteiger charge is -2.58. The van der Waals surface area contributed by atoms with Crippen LogP contribution in [0.5, 0.6) is 17.4 Å². The zero-order valence-corrected chi connectivity index (χ0v) is 47.0. The number of nitrogens with zero attached hydrogens (tertiary/aromatic N) is 6. The van der Waals surface area contributed by atoms with E-state index in [1.54, 1.807) is 24.4 Å². The Hall–Kier alpha value is -7.18. The van der Waals surface area contributed by atoms with Crippen molar-refractivity contribution in [2.45, 2.75) is 107 Å². The molecular formula is C60H66F3N9O10S. The van der Waals surface area contributed by atoms with Crippen molar-refractivity contribution in [1.29, 1.82) is 0 Å². The number of fused-ring (bicyclic) bond motifs is 4. The van der Waals surface area contributed by atoms with Gasteiger partial charge >= 0.3 is 0 Å². The smallest absolute Gasteiger partial charge is 0.297 e. The molecule has 438 valence electrons. The minimum Gasteiger partial charge on any atom is -0.489 e. The van der Waals surface area contributed by atoms with E-state index >= 15 is 4.39 Å². The quantitative estimate of drug-likeness (QED) is 0.0727. The zero-order chi connectivity index (χ0) is 57.3. The third kappa shape index (κ3) is 10.7. The van der Waals surface area contributed by atoms with Gasteiger partial charge in [0.1, 0.15) is 24.0 Å². The minimum absolute atomic E-state index is 0.00322. The lowest BCUT2D eigenvalue weighted by molar-refractivity contribution is -0.384. The molecule has 13 rings (SSSR count). The predicted molar refractivity (Wildman–Crippen MR) is 303 cm³/mol. The Balaban J connectivity index is 0.776. The van der Waals surface area contributed by atoms with Gasteiger partial charge in [-0.25, -0.2) is 26.3 Å². The average molecular weight is 1160 g/mol. The van der Waals surface area contributed by atoms with Crippen LogP contribution < -0.4 is 34.0 Å². The summed E-state index contributed by atoms with van der Waals surface area (Å²) in [5.41, 5.74) is 3.53. The van der Waals surface area contributed by atoms with Gasteiger partial charge in [-0.15, -0.1) is 0 Å². The van der Waals surface area contributed by atoms with Crippen LogP contribution in [0.2, 0.25) is 0 Å². The molecular weight excluding hydrogens is 1100 g/mol. The van der Waals surface area contributed by atoms with Gasteiger partial charge in [-0.05, 0) is 124 Å². The van der Waals surface area contributed by atoms with E-state index in [2.05, 4.69) is 29.7 Å². The van der Waals surface area contributed by atoms with Crippen molar-refractivity contribution in [1.82, 2.24) is 24.5 Å². The Morgan fingerprint density at radius 3 is 2.49 bits per heavy atom. The van der Waals surface area contributed by atoms with Crippen LogP contribution >= 0.6 is 0 Å². The van der Waals surface area contributed by atoms with Crippen molar-refractivity contribution in [2.75, 3.05) is 80.9 Å². The Labute approximate surface area is 478 Å². The molecule has 6 aromatic rings. The van der Waals surface area contributed by atoms with Gasteiger partial charge < -0.3 is 43.8 Å². The van der Waals surface area contributed by atoms with Crippen molar-refractivity contribution < 1.29 is 55.0 Å². The van der Waals surface area contributed by atoms with Crippen LogP contribution in [0.4, 0.5) is 41.6 Å². The molecule has 4 aromatic carbocycles. The number of rotatable bonds is 13. The lowest BCUT2D eigenvalue weighted by Crippen LogP contribution is -2.59. The van der Waals surface area contributed by atoms with E-state index in [1.807, 2.05) is 49.1 Å². The van der Waals surface area contributed by atoms with Crippen LogP contribution in [0.15, 0.2) is 90.0 Å². The molecule has 5 fully saturated rings. The van der Waals surface area contributed by atoms with Crippen molar-refractivity contribution >= 4 is 55.4 Å². The maximum Gasteiger partial charge on any atom is 0.297 e. The largest absolute Gasteiger partial charge is 0.489 e. The highest BCUT2D eigenvalue weighted by atomic mass is 32.2. The number of H-pyrrole nitrogens is 1. The van der Waals surface area contributed by atoms with E-state index in [0.717, 1.165) is 67.3 Å². The Bertz CT molecular complexity index is 3590. The predicted octanol–water partition coefficient (Wildman–Crippen LogP) is 9.39. The number of amides is 1. The summed E-state index contributed by atoms with van der Waals surface area (Å²) in [6.07, 6.45) is 6.64. The topological polar surface area (TPSA) is 206 Å². The number of nitrogens with one attached hydrogen (secondary N) is 3. The first-order chi connectivity index (χ1) is 40.1.